The number of methoxy groups -OCH3 is 1. The number of amides is 3. The minimum atomic E-state index is -1.05. The van der Waals surface area contributed by atoms with Crippen molar-refractivity contribution < 1.29 is 29.0 Å². The molecular formula is C38H51N3O6. The summed E-state index contributed by atoms with van der Waals surface area (Å²) in [6.45, 7) is 11.6. The molecule has 3 rings (SSSR count). The van der Waals surface area contributed by atoms with Gasteiger partial charge in [0.1, 0.15) is 29.2 Å². The molecule has 2 atom stereocenters. The van der Waals surface area contributed by atoms with Gasteiger partial charge in [0.25, 0.3) is 5.91 Å². The average molecular weight is 646 g/mol. The molecule has 3 amide bonds. The van der Waals surface area contributed by atoms with Crippen molar-refractivity contribution in [2.45, 2.75) is 97.8 Å². The van der Waals surface area contributed by atoms with Crippen LogP contribution >= 0.6 is 0 Å². The van der Waals surface area contributed by atoms with Crippen molar-refractivity contribution in [1.82, 2.24) is 10.2 Å². The van der Waals surface area contributed by atoms with Crippen LogP contribution < -0.4 is 15.4 Å². The number of nitrogens with one attached hydrogen (secondary N) is 2. The number of unbranched alkanes of at least 4 members (excludes halogenated alkanes) is 4. The second-order valence-electron chi connectivity index (χ2n) is 13.0. The van der Waals surface area contributed by atoms with Gasteiger partial charge in [-0.3, -0.25) is 9.59 Å². The monoisotopic (exact) mass is 645 g/mol. The number of ether oxygens (including phenoxy) is 2. The molecule has 254 valence electrons. The van der Waals surface area contributed by atoms with E-state index < -0.39 is 29.7 Å². The number of aromatic hydroxyl groups is 1. The van der Waals surface area contributed by atoms with Gasteiger partial charge in [0.05, 0.1) is 7.11 Å². The molecule has 0 radical (unpaired) electrons. The molecule has 3 N–H and O–H groups in total. The van der Waals surface area contributed by atoms with Crippen LogP contribution in [0, 0.1) is 13.8 Å². The van der Waals surface area contributed by atoms with Crippen LogP contribution in [-0.4, -0.2) is 53.2 Å². The van der Waals surface area contributed by atoms with Crippen LogP contribution in [0.3, 0.4) is 0 Å². The van der Waals surface area contributed by atoms with Gasteiger partial charge in [-0.25, -0.2) is 4.79 Å². The second-order valence-corrected chi connectivity index (χ2v) is 13.0. The number of carbonyl (C=O) groups excluding carboxylic acids is 3. The third kappa shape index (κ3) is 11.6. The van der Waals surface area contributed by atoms with Crippen molar-refractivity contribution >= 4 is 23.6 Å². The van der Waals surface area contributed by atoms with E-state index in [1.165, 1.54) is 12.1 Å². The Bertz CT molecular complexity index is 1460. The number of nitrogens with zero attached hydrogens (tertiary/aromatic N) is 1. The summed E-state index contributed by atoms with van der Waals surface area (Å²) in [4.78, 5) is 43.8. The van der Waals surface area contributed by atoms with Gasteiger partial charge in [-0.2, -0.15) is 0 Å². The van der Waals surface area contributed by atoms with Crippen LogP contribution in [0.1, 0.15) is 88.1 Å². The smallest absolute Gasteiger partial charge is 0.408 e. The topological polar surface area (TPSA) is 117 Å². The van der Waals surface area contributed by atoms with Gasteiger partial charge < -0.3 is 30.1 Å². The SMILES string of the molecule is CCCCCCCN(C(=O)C(Cc1ccc(O)cc1)NC(=O)OC(C)(C)C)C(C(=O)Nc1ccc(OC)cc1)c1ccc(C)cc1C. The number of anilines is 1. The number of aryl methyl sites for hydroxylation is 2. The zero-order valence-corrected chi connectivity index (χ0v) is 28.9. The maximum absolute atomic E-state index is 14.8. The van der Waals surface area contributed by atoms with Gasteiger partial charge in [-0.05, 0) is 94.1 Å². The van der Waals surface area contributed by atoms with Crippen molar-refractivity contribution in [1.29, 1.82) is 0 Å². The Morgan fingerprint density at radius 3 is 2.15 bits per heavy atom. The largest absolute Gasteiger partial charge is 0.508 e. The number of benzene rings is 3. The molecule has 9 heteroatoms. The quantitative estimate of drug-likeness (QED) is 0.146. The molecule has 3 aromatic rings. The highest BCUT2D eigenvalue weighted by molar-refractivity contribution is 5.99. The first-order valence-corrected chi connectivity index (χ1v) is 16.4. The Morgan fingerprint density at radius 1 is 0.894 bits per heavy atom. The van der Waals surface area contributed by atoms with Crippen LogP contribution in [0.5, 0.6) is 11.5 Å². The van der Waals surface area contributed by atoms with Gasteiger partial charge in [0.2, 0.25) is 5.91 Å². The number of phenolic OH excluding ortho intramolecular Hbond substituents is 1. The molecule has 0 aromatic heterocycles. The molecule has 0 bridgehead atoms. The maximum Gasteiger partial charge on any atom is 0.408 e. The molecule has 0 saturated heterocycles. The van der Waals surface area contributed by atoms with E-state index in [-0.39, 0.29) is 18.1 Å². The van der Waals surface area contributed by atoms with E-state index in [9.17, 15) is 19.5 Å². The molecular weight excluding hydrogens is 594 g/mol. The maximum atomic E-state index is 14.8. The van der Waals surface area contributed by atoms with Gasteiger partial charge in [-0.1, -0.05) is 68.5 Å². The van der Waals surface area contributed by atoms with Crippen LogP contribution in [0.25, 0.3) is 0 Å². The van der Waals surface area contributed by atoms with E-state index in [4.69, 9.17) is 9.47 Å². The molecule has 0 aliphatic carbocycles. The number of carbonyl (C=O) groups is 3. The van der Waals surface area contributed by atoms with Gasteiger partial charge >= 0.3 is 6.09 Å². The summed E-state index contributed by atoms with van der Waals surface area (Å²) in [7, 11) is 1.58. The lowest BCUT2D eigenvalue weighted by atomic mass is 9.95. The number of hydrogen-bond donors (Lipinski definition) is 3. The summed E-state index contributed by atoms with van der Waals surface area (Å²) in [5.41, 5.74) is 3.12. The van der Waals surface area contributed by atoms with Crippen LogP contribution in [0.15, 0.2) is 66.7 Å². The Balaban J connectivity index is 2.09. The van der Waals surface area contributed by atoms with Crippen molar-refractivity contribution in [3.63, 3.8) is 0 Å². The fourth-order valence-corrected chi connectivity index (χ4v) is 5.44. The first-order chi connectivity index (χ1) is 22.3. The minimum Gasteiger partial charge on any atom is -0.508 e. The highest BCUT2D eigenvalue weighted by atomic mass is 16.6. The van der Waals surface area contributed by atoms with E-state index >= 15 is 0 Å². The molecule has 3 aromatic carbocycles. The third-order valence-corrected chi connectivity index (χ3v) is 7.79. The van der Waals surface area contributed by atoms with Crippen LogP contribution in [0.4, 0.5) is 10.5 Å². The normalized spacial score (nSPS) is 12.5. The highest BCUT2D eigenvalue weighted by Gasteiger charge is 2.37. The van der Waals surface area contributed by atoms with Crippen LogP contribution in [-0.2, 0) is 20.7 Å². The summed E-state index contributed by atoms with van der Waals surface area (Å²) in [5, 5.41) is 15.7. The number of hydrogen-bond acceptors (Lipinski definition) is 6. The average Bonchev–Trinajstić information content (AvgIpc) is 3.01. The van der Waals surface area contributed by atoms with Crippen LogP contribution in [0.2, 0.25) is 0 Å². The Labute approximate surface area is 279 Å². The highest BCUT2D eigenvalue weighted by Crippen LogP contribution is 2.29. The summed E-state index contributed by atoms with van der Waals surface area (Å²) in [5.74, 6) is -0.0300. The van der Waals surface area contributed by atoms with E-state index in [1.807, 2.05) is 32.0 Å². The minimum absolute atomic E-state index is 0.0931. The fraction of sp³-hybridized carbons (Fsp3) is 0.447. The summed E-state index contributed by atoms with van der Waals surface area (Å²) < 4.78 is 10.8. The molecule has 2 unspecified atom stereocenters. The number of phenols is 1. The second kappa shape index (κ2) is 17.4. The molecule has 0 saturated carbocycles. The molecule has 0 spiro atoms. The van der Waals surface area contributed by atoms with Gasteiger partial charge in [0.15, 0.2) is 0 Å². The number of alkyl carbamates (subject to hydrolysis) is 1. The lowest BCUT2D eigenvalue weighted by molar-refractivity contribution is -0.140. The van der Waals surface area contributed by atoms with E-state index in [2.05, 4.69) is 17.6 Å². The van der Waals surface area contributed by atoms with Crippen molar-refractivity contribution in [2.75, 3.05) is 19.0 Å². The van der Waals surface area contributed by atoms with Crippen molar-refractivity contribution in [3.05, 3.63) is 89.0 Å². The molecule has 0 fully saturated rings. The van der Waals surface area contributed by atoms with E-state index in [1.54, 1.807) is 69.2 Å². The lowest BCUT2D eigenvalue weighted by Gasteiger charge is -2.35. The molecule has 0 aliphatic rings. The molecule has 0 aliphatic heterocycles. The summed E-state index contributed by atoms with van der Waals surface area (Å²) >= 11 is 0. The summed E-state index contributed by atoms with van der Waals surface area (Å²) in [6.07, 6.45) is 4.13. The zero-order valence-electron chi connectivity index (χ0n) is 28.9. The molecule has 47 heavy (non-hydrogen) atoms. The van der Waals surface area contributed by atoms with Gasteiger partial charge in [-0.15, -0.1) is 0 Å². The van der Waals surface area contributed by atoms with Gasteiger partial charge in [0, 0.05) is 18.7 Å². The fourth-order valence-electron chi connectivity index (χ4n) is 5.44. The predicted octanol–water partition coefficient (Wildman–Crippen LogP) is 7.63. The predicted molar refractivity (Wildman–Crippen MR) is 186 cm³/mol. The summed E-state index contributed by atoms with van der Waals surface area (Å²) in [6, 6.07) is 17.3. The first-order valence-electron chi connectivity index (χ1n) is 16.4. The van der Waals surface area contributed by atoms with Crippen molar-refractivity contribution in [2.24, 2.45) is 0 Å². The number of rotatable bonds is 15. The lowest BCUT2D eigenvalue weighted by Crippen LogP contribution is -2.53. The zero-order chi connectivity index (χ0) is 34.6. The standard InChI is InChI=1S/C38H51N3O6/c1-8-9-10-11-12-23-41(36(44)33(40-37(45)47-38(4,5)6)25-28-14-18-30(42)19-15-28)34(32-22-13-26(2)24-27(32)3)35(43)39-29-16-20-31(46-7)21-17-29/h13-22,24,33-34,42H,8-12,23,25H2,1-7H3,(H,39,43)(H,40,45). The van der Waals surface area contributed by atoms with E-state index in [0.29, 0.717) is 30.0 Å². The Morgan fingerprint density at radius 2 is 1.55 bits per heavy atom. The van der Waals surface area contributed by atoms with Crippen molar-refractivity contribution in [3.8, 4) is 11.5 Å². The molecule has 0 heterocycles. The molecule has 9 nitrogen and oxygen atoms in total. The Kier molecular flexibility index (Phi) is 13.7. The first kappa shape index (κ1) is 36.9. The Hall–Kier alpha value is -4.53. The van der Waals surface area contributed by atoms with E-state index in [0.717, 1.165) is 42.4 Å². The third-order valence-electron chi connectivity index (χ3n) is 7.79.